The van der Waals surface area contributed by atoms with Crippen molar-refractivity contribution in [3.63, 3.8) is 0 Å². The van der Waals surface area contributed by atoms with Crippen LogP contribution >= 0.6 is 0 Å². The van der Waals surface area contributed by atoms with E-state index >= 15 is 0 Å². The monoisotopic (exact) mass is 352 g/mol. The second kappa shape index (κ2) is 14.2. The quantitative estimate of drug-likeness (QED) is 0.465. The van der Waals surface area contributed by atoms with Crippen LogP contribution in [0.2, 0.25) is 0 Å². The van der Waals surface area contributed by atoms with Gasteiger partial charge in [0, 0.05) is 0 Å². The van der Waals surface area contributed by atoms with Gasteiger partial charge in [-0.1, -0.05) is 0 Å². The first-order valence-electron chi connectivity index (χ1n) is 6.55. The molecular weight excluding hydrogens is 331 g/mol. The number of hydrogen-bond acceptors (Lipinski definition) is 4. The third kappa shape index (κ3) is 17.7. The van der Waals surface area contributed by atoms with Crippen molar-refractivity contribution >= 4 is 11.9 Å². The molecule has 0 bridgehead atoms. The van der Waals surface area contributed by atoms with Gasteiger partial charge in [-0.15, -0.1) is 0 Å². The van der Waals surface area contributed by atoms with Crippen LogP contribution in [0.1, 0.15) is 51.4 Å². The molecule has 0 saturated carbocycles. The molecule has 2 N–H and O–H groups in total. The summed E-state index contributed by atoms with van der Waals surface area (Å²) >= 11 is -1.18. The molecule has 0 radical (unpaired) electrons. The first-order valence-corrected chi connectivity index (χ1v) is 8.56. The summed E-state index contributed by atoms with van der Waals surface area (Å²) in [7, 11) is 0. The Labute approximate surface area is 126 Å². The van der Waals surface area contributed by atoms with Crippen molar-refractivity contribution in [1.29, 1.82) is 0 Å². The SMILES string of the molecule is O=C(O)CCCCC[O][Zr][O]CCCCCC(=O)O. The third-order valence-electron chi connectivity index (χ3n) is 2.39. The predicted octanol–water partition coefficient (Wildman–Crippen LogP) is 2.22. The molecule has 0 atom stereocenters. The fourth-order valence-corrected chi connectivity index (χ4v) is 2.70. The van der Waals surface area contributed by atoms with E-state index in [0.29, 0.717) is 26.1 Å². The van der Waals surface area contributed by atoms with Crippen LogP contribution in [0.5, 0.6) is 0 Å². The number of carboxylic acids is 2. The van der Waals surface area contributed by atoms with Gasteiger partial charge in [-0.25, -0.2) is 0 Å². The van der Waals surface area contributed by atoms with Crippen molar-refractivity contribution in [3.05, 3.63) is 0 Å². The molecule has 0 spiro atoms. The molecule has 0 saturated heterocycles. The molecule has 0 aromatic carbocycles. The van der Waals surface area contributed by atoms with Gasteiger partial charge in [0.25, 0.3) is 0 Å². The molecule has 0 aliphatic rings. The Kier molecular flexibility index (Phi) is 14.0. The van der Waals surface area contributed by atoms with Gasteiger partial charge in [0.1, 0.15) is 0 Å². The Hall–Kier alpha value is -0.257. The second-order valence-electron chi connectivity index (χ2n) is 4.19. The molecule has 0 unspecified atom stereocenters. The van der Waals surface area contributed by atoms with Crippen LogP contribution in [0.15, 0.2) is 0 Å². The topological polar surface area (TPSA) is 93.1 Å². The Morgan fingerprint density at radius 1 is 0.737 bits per heavy atom. The van der Waals surface area contributed by atoms with E-state index in [1.807, 2.05) is 0 Å². The summed E-state index contributed by atoms with van der Waals surface area (Å²) in [5.74, 6) is -1.49. The Morgan fingerprint density at radius 2 is 1.16 bits per heavy atom. The van der Waals surface area contributed by atoms with Crippen LogP contribution in [-0.2, 0) is 39.3 Å². The zero-order valence-electron chi connectivity index (χ0n) is 11.1. The van der Waals surface area contributed by atoms with E-state index in [2.05, 4.69) is 0 Å². The summed E-state index contributed by atoms with van der Waals surface area (Å²) in [6.45, 7) is 1.32. The van der Waals surface area contributed by atoms with Crippen LogP contribution in [0, 0.1) is 0 Å². The average molecular weight is 354 g/mol. The summed E-state index contributed by atoms with van der Waals surface area (Å²) in [4.78, 5) is 20.5. The molecule has 7 heteroatoms. The van der Waals surface area contributed by atoms with Crippen molar-refractivity contribution in [2.45, 2.75) is 51.4 Å². The Balaban J connectivity index is 2.99. The normalized spacial score (nSPS) is 10.3. The summed E-state index contributed by atoms with van der Waals surface area (Å²) in [5, 5.41) is 16.9. The number of unbranched alkanes of at least 4 members (excludes halogenated alkanes) is 4. The molecular formula is C12H22O6Zr. The van der Waals surface area contributed by atoms with Crippen molar-refractivity contribution in [1.82, 2.24) is 0 Å². The first kappa shape index (κ1) is 18.7. The number of carboxylic acid groups (broad SMARTS) is 2. The summed E-state index contributed by atoms with van der Waals surface area (Å²) < 4.78 is 10.8. The van der Waals surface area contributed by atoms with Crippen molar-refractivity contribution in [2.24, 2.45) is 0 Å². The molecule has 0 heterocycles. The molecule has 6 nitrogen and oxygen atoms in total. The zero-order chi connectivity index (χ0) is 14.3. The number of aliphatic carboxylic acids is 2. The van der Waals surface area contributed by atoms with Gasteiger partial charge in [0.2, 0.25) is 0 Å². The third-order valence-corrected chi connectivity index (χ3v) is 3.97. The Bertz CT molecular complexity index is 222. The zero-order valence-corrected chi connectivity index (χ0v) is 13.6. The van der Waals surface area contributed by atoms with Crippen LogP contribution in [0.25, 0.3) is 0 Å². The molecule has 110 valence electrons. The van der Waals surface area contributed by atoms with Gasteiger partial charge < -0.3 is 0 Å². The standard InChI is InChI=1S/2C6H11O3.Zr/c2*7-5-3-1-2-4-6(8)9;/h2*1-5H2,(H,8,9);/q2*-1;+2. The van der Waals surface area contributed by atoms with Crippen molar-refractivity contribution < 1.29 is 49.5 Å². The van der Waals surface area contributed by atoms with Gasteiger partial charge in [0.15, 0.2) is 0 Å². The van der Waals surface area contributed by atoms with Gasteiger partial charge in [-0.3, -0.25) is 0 Å². The van der Waals surface area contributed by atoms with E-state index < -0.39 is 36.1 Å². The van der Waals surface area contributed by atoms with Gasteiger partial charge in [0.05, 0.1) is 0 Å². The maximum atomic E-state index is 10.2. The number of rotatable bonds is 14. The fourth-order valence-electron chi connectivity index (χ4n) is 1.38. The van der Waals surface area contributed by atoms with Gasteiger partial charge in [-0.05, 0) is 0 Å². The van der Waals surface area contributed by atoms with Gasteiger partial charge >= 0.3 is 126 Å². The van der Waals surface area contributed by atoms with Crippen molar-refractivity contribution in [3.8, 4) is 0 Å². The van der Waals surface area contributed by atoms with E-state index in [-0.39, 0.29) is 12.8 Å². The number of hydrogen-bond donors (Lipinski definition) is 2. The summed E-state index contributed by atoms with van der Waals surface area (Å²) in [6.07, 6.45) is 5.38. The predicted molar refractivity (Wildman–Crippen MR) is 64.1 cm³/mol. The van der Waals surface area contributed by atoms with E-state index in [1.165, 1.54) is 0 Å². The Morgan fingerprint density at radius 3 is 1.53 bits per heavy atom. The maximum absolute atomic E-state index is 10.2. The molecule has 0 aliphatic carbocycles. The van der Waals surface area contributed by atoms with Crippen LogP contribution in [0.4, 0.5) is 0 Å². The fraction of sp³-hybridized carbons (Fsp3) is 0.833. The molecule has 0 aliphatic heterocycles. The van der Waals surface area contributed by atoms with E-state index in [9.17, 15) is 9.59 Å². The molecule has 0 fully saturated rings. The molecule has 0 rings (SSSR count). The van der Waals surface area contributed by atoms with Crippen LogP contribution in [0.3, 0.4) is 0 Å². The number of carbonyl (C=O) groups is 2. The summed E-state index contributed by atoms with van der Waals surface area (Å²) in [5.41, 5.74) is 0. The summed E-state index contributed by atoms with van der Waals surface area (Å²) in [6, 6.07) is 0. The van der Waals surface area contributed by atoms with Crippen LogP contribution in [-0.4, -0.2) is 35.4 Å². The molecule has 0 aromatic rings. The molecule has 0 aromatic heterocycles. The molecule has 0 amide bonds. The van der Waals surface area contributed by atoms with E-state index in [0.717, 1.165) is 25.7 Å². The first-order chi connectivity index (χ1) is 9.13. The van der Waals surface area contributed by atoms with Crippen molar-refractivity contribution in [2.75, 3.05) is 13.2 Å². The molecule has 19 heavy (non-hydrogen) atoms. The van der Waals surface area contributed by atoms with E-state index in [1.54, 1.807) is 0 Å². The van der Waals surface area contributed by atoms with E-state index in [4.69, 9.17) is 15.8 Å². The average Bonchev–Trinajstić information content (AvgIpc) is 2.34. The minimum atomic E-state index is -1.18. The minimum absolute atomic E-state index is 0.229. The van der Waals surface area contributed by atoms with Gasteiger partial charge in [-0.2, -0.15) is 0 Å². The second-order valence-corrected chi connectivity index (χ2v) is 6.02. The van der Waals surface area contributed by atoms with Crippen LogP contribution < -0.4 is 0 Å².